The maximum atomic E-state index is 12.3. The van der Waals surface area contributed by atoms with Crippen molar-refractivity contribution in [1.29, 1.82) is 0 Å². The van der Waals surface area contributed by atoms with E-state index in [-0.39, 0.29) is 24.3 Å². The molecule has 0 spiro atoms. The van der Waals surface area contributed by atoms with Crippen LogP contribution in [0.5, 0.6) is 5.75 Å². The molecular weight excluding hydrogens is 342 g/mol. The quantitative estimate of drug-likeness (QED) is 0.847. The summed E-state index contributed by atoms with van der Waals surface area (Å²) in [4.78, 5) is 10.9. The number of rotatable bonds is 5. The van der Waals surface area contributed by atoms with Crippen LogP contribution < -0.4 is 9.46 Å². The molecule has 7 heteroatoms. The molecule has 4 rings (SSSR count). The molecule has 1 heterocycles. The molecule has 3 atom stereocenters. The Hall–Kier alpha value is -2.12. The van der Waals surface area contributed by atoms with Crippen LogP contribution in [0.25, 0.3) is 10.8 Å². The number of carboxylic acids is 1. The highest BCUT2D eigenvalue weighted by Crippen LogP contribution is 2.39. The molecule has 2 N–H and O–H groups in total. The van der Waals surface area contributed by atoms with Gasteiger partial charge >= 0.3 is 5.97 Å². The van der Waals surface area contributed by atoms with Crippen LogP contribution in [0.15, 0.2) is 36.4 Å². The first kappa shape index (κ1) is 16.4. The summed E-state index contributed by atoms with van der Waals surface area (Å²) in [5, 5.41) is 11.1. The first-order chi connectivity index (χ1) is 11.9. The summed E-state index contributed by atoms with van der Waals surface area (Å²) in [7, 11) is -3.53. The normalized spacial score (nSPS) is 25.2. The third-order valence-electron chi connectivity index (χ3n) is 4.91. The molecule has 1 unspecified atom stereocenters. The molecule has 1 aliphatic carbocycles. The Morgan fingerprint density at radius 2 is 2.04 bits per heavy atom. The van der Waals surface area contributed by atoms with E-state index in [1.165, 1.54) is 0 Å². The first-order valence-corrected chi connectivity index (χ1v) is 9.94. The van der Waals surface area contributed by atoms with Gasteiger partial charge in [-0.1, -0.05) is 30.3 Å². The first-order valence-electron chi connectivity index (χ1n) is 8.29. The van der Waals surface area contributed by atoms with Gasteiger partial charge in [0, 0.05) is 5.56 Å². The molecule has 0 amide bonds. The fraction of sp³-hybridized carbons (Fsp3) is 0.389. The minimum atomic E-state index is -3.53. The van der Waals surface area contributed by atoms with E-state index in [2.05, 4.69) is 4.72 Å². The van der Waals surface area contributed by atoms with Gasteiger partial charge in [-0.15, -0.1) is 0 Å². The summed E-state index contributed by atoms with van der Waals surface area (Å²) in [6.07, 6.45) is 0.994. The molecule has 1 fully saturated rings. The third kappa shape index (κ3) is 3.34. The van der Waals surface area contributed by atoms with Gasteiger partial charge in [0.2, 0.25) is 10.0 Å². The topological polar surface area (TPSA) is 92.7 Å². The number of fused-ring (bicyclic) bond motifs is 3. The van der Waals surface area contributed by atoms with Crippen molar-refractivity contribution in [3.63, 3.8) is 0 Å². The van der Waals surface area contributed by atoms with Crippen molar-refractivity contribution in [3.8, 4) is 5.75 Å². The van der Waals surface area contributed by atoms with Gasteiger partial charge in [-0.3, -0.25) is 4.79 Å². The van der Waals surface area contributed by atoms with Crippen LogP contribution in [0.2, 0.25) is 0 Å². The summed E-state index contributed by atoms with van der Waals surface area (Å²) in [5.74, 6) is -1.07. The standard InChI is InChI=1S/C18H19NO5S/c20-18(21)15-7-12(15)10-25(22,23)19-13-8-16-14-4-2-1-3-11(14)5-6-17(16)24-9-13/h1-6,12-13,15,19H,7-10H2,(H,20,21)/t12-,13?,15+/m0/s1. The van der Waals surface area contributed by atoms with Crippen molar-refractivity contribution in [2.75, 3.05) is 12.4 Å². The SMILES string of the molecule is O=C(O)[C@@H]1C[C@H]1CS(=O)(=O)NC1COc2ccc3ccccc3c2C1. The molecule has 0 bridgehead atoms. The van der Waals surface area contributed by atoms with Crippen LogP contribution in [0.4, 0.5) is 0 Å². The van der Waals surface area contributed by atoms with Crippen LogP contribution >= 0.6 is 0 Å². The predicted octanol–water partition coefficient (Wildman–Crippen LogP) is 1.78. The smallest absolute Gasteiger partial charge is 0.306 e. The summed E-state index contributed by atoms with van der Waals surface area (Å²) in [6, 6.07) is 11.5. The second-order valence-electron chi connectivity index (χ2n) is 6.82. The number of hydrogen-bond donors (Lipinski definition) is 2. The highest BCUT2D eigenvalue weighted by atomic mass is 32.2. The average molecular weight is 361 g/mol. The predicted molar refractivity (Wildman–Crippen MR) is 93.1 cm³/mol. The van der Waals surface area contributed by atoms with Crippen molar-refractivity contribution in [3.05, 3.63) is 42.0 Å². The van der Waals surface area contributed by atoms with Crippen molar-refractivity contribution in [2.45, 2.75) is 18.9 Å². The van der Waals surface area contributed by atoms with Crippen LogP contribution in [-0.2, 0) is 21.2 Å². The number of aliphatic carboxylic acids is 1. The number of carboxylic acid groups (broad SMARTS) is 1. The van der Waals surface area contributed by atoms with Crippen LogP contribution in [0.1, 0.15) is 12.0 Å². The molecule has 2 aliphatic rings. The molecule has 0 radical (unpaired) electrons. The van der Waals surface area contributed by atoms with Gasteiger partial charge in [-0.25, -0.2) is 13.1 Å². The summed E-state index contributed by atoms with van der Waals surface area (Å²) in [5.41, 5.74) is 1.01. The van der Waals surface area contributed by atoms with Gasteiger partial charge in [0.25, 0.3) is 0 Å². The zero-order valence-electron chi connectivity index (χ0n) is 13.5. The largest absolute Gasteiger partial charge is 0.492 e. The number of benzene rings is 2. The van der Waals surface area contributed by atoms with Crippen molar-refractivity contribution in [1.82, 2.24) is 4.72 Å². The molecule has 2 aromatic carbocycles. The van der Waals surface area contributed by atoms with Gasteiger partial charge in [0.05, 0.1) is 17.7 Å². The summed E-state index contributed by atoms with van der Waals surface area (Å²) in [6.45, 7) is 0.275. The zero-order valence-corrected chi connectivity index (χ0v) is 14.3. The second-order valence-corrected chi connectivity index (χ2v) is 8.61. The minimum Gasteiger partial charge on any atom is -0.492 e. The lowest BCUT2D eigenvalue weighted by atomic mass is 9.96. The molecule has 25 heavy (non-hydrogen) atoms. The monoisotopic (exact) mass is 361 g/mol. The average Bonchev–Trinajstić information content (AvgIpc) is 3.33. The third-order valence-corrected chi connectivity index (χ3v) is 6.47. The van der Waals surface area contributed by atoms with Crippen molar-refractivity contribution in [2.24, 2.45) is 11.8 Å². The molecule has 0 aromatic heterocycles. The Bertz CT molecular complexity index is 940. The van der Waals surface area contributed by atoms with Crippen LogP contribution in [0.3, 0.4) is 0 Å². The Morgan fingerprint density at radius 1 is 1.24 bits per heavy atom. The van der Waals surface area contributed by atoms with Crippen LogP contribution in [0, 0.1) is 11.8 Å². The van der Waals surface area contributed by atoms with Gasteiger partial charge in [0.15, 0.2) is 0 Å². The fourth-order valence-corrected chi connectivity index (χ4v) is 5.24. The second kappa shape index (κ2) is 6.00. The molecule has 1 saturated carbocycles. The van der Waals surface area contributed by atoms with E-state index in [9.17, 15) is 13.2 Å². The lowest BCUT2D eigenvalue weighted by molar-refractivity contribution is -0.138. The van der Waals surface area contributed by atoms with E-state index >= 15 is 0 Å². The van der Waals surface area contributed by atoms with E-state index in [0.717, 1.165) is 22.1 Å². The molecule has 6 nitrogen and oxygen atoms in total. The summed E-state index contributed by atoms with van der Waals surface area (Å²) >= 11 is 0. The Kier molecular flexibility index (Phi) is 3.92. The Morgan fingerprint density at radius 3 is 2.80 bits per heavy atom. The number of carbonyl (C=O) groups is 1. The van der Waals surface area contributed by atoms with E-state index in [4.69, 9.17) is 9.84 Å². The highest BCUT2D eigenvalue weighted by Gasteiger charge is 2.45. The number of nitrogens with one attached hydrogen (secondary N) is 1. The molecule has 2 aromatic rings. The molecule has 132 valence electrons. The lowest BCUT2D eigenvalue weighted by Gasteiger charge is -2.27. The molecular formula is C18H19NO5S. The maximum absolute atomic E-state index is 12.3. The van der Waals surface area contributed by atoms with E-state index in [1.54, 1.807) is 0 Å². The van der Waals surface area contributed by atoms with E-state index in [1.807, 2.05) is 36.4 Å². The Balaban J connectivity index is 1.49. The summed E-state index contributed by atoms with van der Waals surface area (Å²) < 4.78 is 33.1. The maximum Gasteiger partial charge on any atom is 0.306 e. The number of hydrogen-bond acceptors (Lipinski definition) is 4. The lowest BCUT2D eigenvalue weighted by Crippen LogP contribution is -2.44. The highest BCUT2D eigenvalue weighted by molar-refractivity contribution is 7.89. The van der Waals surface area contributed by atoms with E-state index < -0.39 is 21.9 Å². The number of sulfonamides is 1. The molecule has 1 aliphatic heterocycles. The zero-order chi connectivity index (χ0) is 17.6. The van der Waals surface area contributed by atoms with Crippen molar-refractivity contribution >= 4 is 26.8 Å². The fourth-order valence-electron chi connectivity index (χ4n) is 3.55. The van der Waals surface area contributed by atoms with E-state index in [0.29, 0.717) is 12.8 Å². The number of ether oxygens (including phenoxy) is 1. The minimum absolute atomic E-state index is 0.136. The van der Waals surface area contributed by atoms with Gasteiger partial charge in [-0.2, -0.15) is 0 Å². The van der Waals surface area contributed by atoms with Crippen LogP contribution in [-0.4, -0.2) is 37.9 Å². The van der Waals surface area contributed by atoms with Gasteiger partial charge < -0.3 is 9.84 Å². The molecule has 0 saturated heterocycles. The van der Waals surface area contributed by atoms with Gasteiger partial charge in [0.1, 0.15) is 12.4 Å². The Labute approximate surface area is 145 Å². The van der Waals surface area contributed by atoms with Gasteiger partial charge in [-0.05, 0) is 35.6 Å². The van der Waals surface area contributed by atoms with Crippen molar-refractivity contribution < 1.29 is 23.1 Å².